The van der Waals surface area contributed by atoms with Crippen LogP contribution in [0.4, 0.5) is 0 Å². The second kappa shape index (κ2) is 23.5. The zero-order valence-electron chi connectivity index (χ0n) is 34.7. The molecule has 0 aromatic rings. The van der Waals surface area contributed by atoms with Gasteiger partial charge in [0.05, 0.1) is 7.11 Å². The van der Waals surface area contributed by atoms with Crippen molar-refractivity contribution < 1.29 is 46.2 Å². The van der Waals surface area contributed by atoms with Crippen molar-refractivity contribution in [1.29, 1.82) is 0 Å². The molecule has 2 rings (SSSR count). The largest absolute Gasteiger partial charge is 0.299 e. The minimum atomic E-state index is -3.80. The molecule has 0 aromatic heterocycles. The molecule has 53 heavy (non-hydrogen) atoms. The van der Waals surface area contributed by atoms with Crippen LogP contribution >= 0.6 is 11.8 Å². The monoisotopic (exact) mass is 788 g/mol. The zero-order valence-corrected chi connectivity index (χ0v) is 36.4. The Balaban J connectivity index is 0.000000766. The van der Waals surface area contributed by atoms with Crippen molar-refractivity contribution in [2.75, 3.05) is 20.2 Å². The van der Waals surface area contributed by atoms with E-state index in [1.54, 1.807) is 25.6 Å². The van der Waals surface area contributed by atoms with Gasteiger partial charge in [0.2, 0.25) is 23.6 Å². The van der Waals surface area contributed by atoms with Crippen LogP contribution in [0.2, 0.25) is 0 Å². The molecule has 0 bridgehead atoms. The second-order valence-corrected chi connectivity index (χ2v) is 19.8. The van der Waals surface area contributed by atoms with Crippen molar-refractivity contribution in [3.8, 4) is 0 Å². The molecular formula is C39H68N2O10S2. The van der Waals surface area contributed by atoms with Crippen LogP contribution in [0.3, 0.4) is 0 Å². The quantitative estimate of drug-likeness (QED) is 0.109. The Hall–Kier alpha value is -2.45. The van der Waals surface area contributed by atoms with Crippen LogP contribution in [0.1, 0.15) is 129 Å². The van der Waals surface area contributed by atoms with E-state index in [-0.39, 0.29) is 101 Å². The van der Waals surface area contributed by atoms with E-state index < -0.39 is 15.4 Å². The molecule has 0 radical (unpaired) electrons. The Labute approximate surface area is 323 Å². The van der Waals surface area contributed by atoms with E-state index in [2.05, 4.69) is 4.18 Å². The van der Waals surface area contributed by atoms with Crippen molar-refractivity contribution in [2.24, 2.45) is 41.4 Å². The number of nitrogens with zero attached hydrogens (tertiary/aromatic N) is 2. The average molecular weight is 789 g/mol. The second-order valence-electron chi connectivity index (χ2n) is 15.9. The van der Waals surface area contributed by atoms with Crippen LogP contribution in [-0.4, -0.2) is 95.1 Å². The van der Waals surface area contributed by atoms with Crippen LogP contribution < -0.4 is 0 Å². The molecule has 2 fully saturated rings. The number of thioether (sulfide) groups is 1. The summed E-state index contributed by atoms with van der Waals surface area (Å²) in [7, 11) is -2.69. The minimum absolute atomic E-state index is 0.0263. The summed E-state index contributed by atoms with van der Waals surface area (Å²) < 4.78 is 28.1. The van der Waals surface area contributed by atoms with Crippen molar-refractivity contribution in [2.45, 2.75) is 144 Å². The molecule has 0 spiro atoms. The lowest BCUT2D eigenvalue weighted by Gasteiger charge is -2.21. The molecule has 0 aliphatic carbocycles. The Bertz CT molecular complexity index is 1370. The number of ketones is 3. The fourth-order valence-corrected chi connectivity index (χ4v) is 8.49. The van der Waals surface area contributed by atoms with Gasteiger partial charge in [0.15, 0.2) is 5.78 Å². The molecule has 306 valence electrons. The van der Waals surface area contributed by atoms with Gasteiger partial charge in [-0.2, -0.15) is 20.2 Å². The lowest BCUT2D eigenvalue weighted by atomic mass is 9.94. The van der Waals surface area contributed by atoms with Gasteiger partial charge in [-0.05, 0) is 29.9 Å². The Morgan fingerprint density at radius 1 is 0.679 bits per heavy atom. The molecule has 4 atom stereocenters. The summed E-state index contributed by atoms with van der Waals surface area (Å²) >= 11 is 1.67. The number of rotatable bonds is 19. The summed E-state index contributed by atoms with van der Waals surface area (Å²) in [6, 6.07) is 0. The minimum Gasteiger partial charge on any atom is -0.299 e. The van der Waals surface area contributed by atoms with Crippen LogP contribution in [0.5, 0.6) is 0 Å². The number of amides is 4. The molecule has 2 heterocycles. The van der Waals surface area contributed by atoms with E-state index in [0.29, 0.717) is 43.9 Å². The van der Waals surface area contributed by atoms with Crippen LogP contribution in [0.25, 0.3) is 0 Å². The summed E-state index contributed by atoms with van der Waals surface area (Å²) in [5, 5.41) is -0.550. The van der Waals surface area contributed by atoms with E-state index in [4.69, 9.17) is 0 Å². The molecule has 2 aliphatic heterocycles. The van der Waals surface area contributed by atoms with Crippen molar-refractivity contribution >= 4 is 62.9 Å². The zero-order chi connectivity index (χ0) is 41.5. The third kappa shape index (κ3) is 16.8. The number of carbonyl (C=O) groups excluding carboxylic acids is 7. The normalized spacial score (nSPS) is 19.0. The first-order chi connectivity index (χ1) is 24.3. The van der Waals surface area contributed by atoms with Gasteiger partial charge in [0.25, 0.3) is 10.1 Å². The molecule has 2 aliphatic rings. The van der Waals surface area contributed by atoms with E-state index in [0.717, 1.165) is 7.11 Å². The molecule has 2 saturated heterocycles. The third-order valence-corrected chi connectivity index (χ3v) is 12.1. The fraction of sp³-hybridized carbons (Fsp3) is 0.821. The number of likely N-dealkylation sites (tertiary alicyclic amines) is 2. The van der Waals surface area contributed by atoms with Gasteiger partial charge in [0, 0.05) is 73.6 Å². The predicted octanol–water partition coefficient (Wildman–Crippen LogP) is 6.13. The van der Waals surface area contributed by atoms with Gasteiger partial charge in [0.1, 0.15) is 16.8 Å². The van der Waals surface area contributed by atoms with Gasteiger partial charge in [-0.25, -0.2) is 0 Å². The summed E-state index contributed by atoms with van der Waals surface area (Å²) in [5.74, 6) is -0.690. The molecule has 4 unspecified atom stereocenters. The molecular weight excluding hydrogens is 721 g/mol. The molecule has 0 N–H and O–H groups in total. The van der Waals surface area contributed by atoms with Crippen molar-refractivity contribution in [3.05, 3.63) is 0 Å². The highest BCUT2D eigenvalue weighted by atomic mass is 32.2. The van der Waals surface area contributed by atoms with Crippen molar-refractivity contribution in [3.63, 3.8) is 0 Å². The highest BCUT2D eigenvalue weighted by molar-refractivity contribution is 8.00. The summed E-state index contributed by atoms with van der Waals surface area (Å²) in [5.41, 5.74) is 0. The van der Waals surface area contributed by atoms with Crippen molar-refractivity contribution in [1.82, 2.24) is 9.80 Å². The van der Waals surface area contributed by atoms with E-state index in [1.165, 1.54) is 9.80 Å². The maximum Gasteiger partial charge on any atom is 0.277 e. The Kier molecular flexibility index (Phi) is 22.4. The van der Waals surface area contributed by atoms with Gasteiger partial charge >= 0.3 is 0 Å². The summed E-state index contributed by atoms with van der Waals surface area (Å²) in [4.78, 5) is 84.9. The lowest BCUT2D eigenvalue weighted by Crippen LogP contribution is -2.36. The Morgan fingerprint density at radius 2 is 1.09 bits per heavy atom. The lowest BCUT2D eigenvalue weighted by molar-refractivity contribution is -0.141. The maximum atomic E-state index is 12.0. The first kappa shape index (κ1) is 50.5. The van der Waals surface area contributed by atoms with E-state index in [9.17, 15) is 42.0 Å². The summed E-state index contributed by atoms with van der Waals surface area (Å²) in [6.07, 6.45) is 2.23. The molecule has 12 nitrogen and oxygen atoms in total. The number of imide groups is 2. The van der Waals surface area contributed by atoms with Gasteiger partial charge < -0.3 is 0 Å². The van der Waals surface area contributed by atoms with Crippen LogP contribution in [0, 0.1) is 41.4 Å². The number of hydrogen-bond acceptors (Lipinski definition) is 11. The fourth-order valence-electron chi connectivity index (χ4n) is 5.83. The topological polar surface area (TPSA) is 169 Å². The summed E-state index contributed by atoms with van der Waals surface area (Å²) in [6.45, 7) is 25.3. The molecule has 0 saturated carbocycles. The van der Waals surface area contributed by atoms with E-state index >= 15 is 0 Å². The average Bonchev–Trinajstić information content (AvgIpc) is 3.50. The maximum absolute atomic E-state index is 12.0. The Morgan fingerprint density at radius 3 is 1.43 bits per heavy atom. The molecule has 14 heteroatoms. The van der Waals surface area contributed by atoms with Crippen LogP contribution in [-0.2, 0) is 47.9 Å². The number of Topliss-reactive ketones (excluding diaryl/α,β-unsaturated/α-hetero) is 3. The van der Waals surface area contributed by atoms with Crippen LogP contribution in [0.15, 0.2) is 0 Å². The van der Waals surface area contributed by atoms with Gasteiger partial charge in [-0.1, -0.05) is 90.0 Å². The predicted molar refractivity (Wildman–Crippen MR) is 209 cm³/mol. The third-order valence-electron chi connectivity index (χ3n) is 9.36. The first-order valence-corrected chi connectivity index (χ1v) is 21.4. The smallest absolute Gasteiger partial charge is 0.277 e. The number of hydrogen-bond donors (Lipinski definition) is 0. The number of carbonyl (C=O) groups is 7. The first-order valence-electron chi connectivity index (χ1n) is 19.0. The highest BCUT2D eigenvalue weighted by Crippen LogP contribution is 2.28. The highest BCUT2D eigenvalue weighted by Gasteiger charge is 2.41. The molecule has 0 aromatic carbocycles. The molecule has 4 amide bonds. The standard InChI is InChI=1S/C14H23NO3.C13H21NO3.C12H24O4S2/c1-9(2)11-8-13(17)15(14(11)18)7-5-6-12(16)10(3)4;1-8(2)10-7-12(16)14(13(10)17)6-5-11(15)9(3)4;1-8(2)12(13)11(18(14,15)16-6)7-10(5)17-9(3)4/h9-11H,5-8H2,1-4H3;8-10H,5-7H2,1-4H3;8-11H,7H2,1-6H3. The SMILES string of the molecule is CC(C)C(=O)CCCN1C(=O)CC(C(C)C)C1=O.CC(C)C(=O)CCN1C(=O)CC(C(C)C)C1=O.COS(=O)(=O)C(CC(C)SC(C)C)C(=O)C(C)C. The van der Waals surface area contributed by atoms with E-state index in [1.807, 2.05) is 76.2 Å². The van der Waals surface area contributed by atoms with Gasteiger partial charge in [-0.15, -0.1) is 0 Å². The van der Waals surface area contributed by atoms with Gasteiger partial charge in [-0.3, -0.25) is 47.5 Å².